The summed E-state index contributed by atoms with van der Waals surface area (Å²) >= 11 is 0. The Balaban J connectivity index is 1.64. The molecule has 0 radical (unpaired) electrons. The highest BCUT2D eigenvalue weighted by Gasteiger charge is 2.27. The van der Waals surface area contributed by atoms with Gasteiger partial charge in [0, 0.05) is 19.6 Å². The zero-order chi connectivity index (χ0) is 24.6. The van der Waals surface area contributed by atoms with Crippen LogP contribution in [0, 0.1) is 0 Å². The quantitative estimate of drug-likeness (QED) is 0.538. The number of hydrogen-bond acceptors (Lipinski definition) is 7. The zero-order valence-electron chi connectivity index (χ0n) is 19.4. The molecule has 0 aliphatic carbocycles. The van der Waals surface area contributed by atoms with E-state index in [2.05, 4.69) is 5.32 Å². The van der Waals surface area contributed by atoms with E-state index < -0.39 is 28.5 Å². The van der Waals surface area contributed by atoms with E-state index in [9.17, 15) is 18.0 Å². The number of nitrogens with one attached hydrogen (secondary N) is 1. The molecule has 0 spiro atoms. The Morgan fingerprint density at radius 3 is 2.24 bits per heavy atom. The van der Waals surface area contributed by atoms with Crippen molar-refractivity contribution in [3.63, 3.8) is 0 Å². The standard InChI is InChI=1S/C24H30N2O7S/c1-31-19-9-7-18(8-10-19)16-25-23(27)17-33-24(28)21-15-20(11-12-22(21)32-2)34(29,30)26-13-5-3-4-6-14-26/h7-12,15H,3-6,13-14,16-17H2,1-2H3,(H,25,27). The number of esters is 1. The smallest absolute Gasteiger partial charge is 0.342 e. The van der Waals surface area contributed by atoms with E-state index in [0.717, 1.165) is 31.2 Å². The molecule has 1 saturated heterocycles. The molecule has 0 aromatic heterocycles. The van der Waals surface area contributed by atoms with Crippen molar-refractivity contribution in [3.05, 3.63) is 53.6 Å². The van der Waals surface area contributed by atoms with E-state index >= 15 is 0 Å². The van der Waals surface area contributed by atoms with Gasteiger partial charge in [0.2, 0.25) is 10.0 Å². The lowest BCUT2D eigenvalue weighted by Gasteiger charge is -2.20. The van der Waals surface area contributed by atoms with Gasteiger partial charge < -0.3 is 19.5 Å². The maximum atomic E-state index is 13.1. The first-order valence-electron chi connectivity index (χ1n) is 11.1. The topological polar surface area (TPSA) is 111 Å². The van der Waals surface area contributed by atoms with E-state index in [0.29, 0.717) is 18.8 Å². The molecule has 1 aliphatic heterocycles. The average Bonchev–Trinajstić information content (AvgIpc) is 3.16. The molecule has 0 atom stereocenters. The van der Waals surface area contributed by atoms with Crippen molar-refractivity contribution in [2.45, 2.75) is 37.1 Å². The Bertz CT molecular complexity index is 1090. The Kier molecular flexibility index (Phi) is 8.89. The lowest BCUT2D eigenvalue weighted by molar-refractivity contribution is -0.124. The van der Waals surface area contributed by atoms with Gasteiger partial charge >= 0.3 is 5.97 Å². The fraction of sp³-hybridized carbons (Fsp3) is 0.417. The summed E-state index contributed by atoms with van der Waals surface area (Å²) in [7, 11) is -0.819. The van der Waals surface area contributed by atoms with Gasteiger partial charge in [-0.15, -0.1) is 0 Å². The van der Waals surface area contributed by atoms with E-state index in [4.69, 9.17) is 14.2 Å². The van der Waals surface area contributed by atoms with Gasteiger partial charge in [-0.2, -0.15) is 4.31 Å². The molecule has 184 valence electrons. The minimum absolute atomic E-state index is 0.00823. The number of ether oxygens (including phenoxy) is 3. The maximum absolute atomic E-state index is 13.1. The van der Waals surface area contributed by atoms with Crippen LogP contribution in [-0.4, -0.2) is 58.5 Å². The second kappa shape index (κ2) is 11.8. The average molecular weight is 491 g/mol. The monoisotopic (exact) mass is 490 g/mol. The van der Waals surface area contributed by atoms with Crippen molar-refractivity contribution >= 4 is 21.9 Å². The number of rotatable bonds is 9. The maximum Gasteiger partial charge on any atom is 0.342 e. The highest BCUT2D eigenvalue weighted by Crippen LogP contribution is 2.26. The van der Waals surface area contributed by atoms with E-state index in [1.54, 1.807) is 19.2 Å². The van der Waals surface area contributed by atoms with E-state index in [-0.39, 0.29) is 22.8 Å². The third-order valence-corrected chi connectivity index (χ3v) is 7.47. The highest BCUT2D eigenvalue weighted by atomic mass is 32.2. The lowest BCUT2D eigenvalue weighted by atomic mass is 10.2. The third-order valence-electron chi connectivity index (χ3n) is 5.58. The van der Waals surface area contributed by atoms with Crippen LogP contribution in [0.3, 0.4) is 0 Å². The molecule has 1 N–H and O–H groups in total. The molecule has 0 bridgehead atoms. The first kappa shape index (κ1) is 25.5. The van der Waals surface area contributed by atoms with Crippen LogP contribution in [0.2, 0.25) is 0 Å². The molecule has 1 amide bonds. The number of hydrogen-bond donors (Lipinski definition) is 1. The Hall–Kier alpha value is -3.11. The first-order chi connectivity index (χ1) is 16.3. The van der Waals surface area contributed by atoms with E-state index in [1.807, 2.05) is 12.1 Å². The predicted octanol–water partition coefficient (Wildman–Crippen LogP) is 2.74. The summed E-state index contributed by atoms with van der Waals surface area (Å²) in [5.74, 6) is -0.461. The zero-order valence-corrected chi connectivity index (χ0v) is 20.2. The van der Waals surface area contributed by atoms with Crippen molar-refractivity contribution in [2.24, 2.45) is 0 Å². The van der Waals surface area contributed by atoms with Crippen LogP contribution in [-0.2, 0) is 26.1 Å². The van der Waals surface area contributed by atoms with Gasteiger partial charge in [0.15, 0.2) is 6.61 Å². The second-order valence-corrected chi connectivity index (χ2v) is 9.82. The van der Waals surface area contributed by atoms with Crippen molar-refractivity contribution < 1.29 is 32.2 Å². The van der Waals surface area contributed by atoms with Crippen molar-refractivity contribution in [1.29, 1.82) is 0 Å². The lowest BCUT2D eigenvalue weighted by Crippen LogP contribution is -2.32. The summed E-state index contributed by atoms with van der Waals surface area (Å²) in [5.41, 5.74) is 0.801. The predicted molar refractivity (Wildman–Crippen MR) is 125 cm³/mol. The van der Waals surface area contributed by atoms with Crippen molar-refractivity contribution in [2.75, 3.05) is 33.9 Å². The van der Waals surface area contributed by atoms with Crippen LogP contribution in [0.5, 0.6) is 11.5 Å². The SMILES string of the molecule is COc1ccc(CNC(=O)COC(=O)c2cc(S(=O)(=O)N3CCCCCC3)ccc2OC)cc1. The summed E-state index contributed by atoms with van der Waals surface area (Å²) < 4.78 is 43.1. The molecule has 9 nitrogen and oxygen atoms in total. The third kappa shape index (κ3) is 6.48. The molecule has 0 saturated carbocycles. The highest BCUT2D eigenvalue weighted by molar-refractivity contribution is 7.89. The second-order valence-electron chi connectivity index (χ2n) is 7.88. The van der Waals surface area contributed by atoms with Crippen LogP contribution in [0.1, 0.15) is 41.6 Å². The van der Waals surface area contributed by atoms with E-state index in [1.165, 1.54) is 29.6 Å². The number of carbonyl (C=O) groups excluding carboxylic acids is 2. The summed E-state index contributed by atoms with van der Waals surface area (Å²) in [6, 6.07) is 11.3. The van der Waals surface area contributed by atoms with Gasteiger partial charge in [-0.1, -0.05) is 25.0 Å². The number of methoxy groups -OCH3 is 2. The summed E-state index contributed by atoms with van der Waals surface area (Å²) in [6.07, 6.45) is 3.59. The van der Waals surface area contributed by atoms with Crippen LogP contribution in [0.15, 0.2) is 47.4 Å². The molecule has 2 aromatic rings. The summed E-state index contributed by atoms with van der Waals surface area (Å²) in [5, 5.41) is 2.67. The van der Waals surface area contributed by atoms with Gasteiger partial charge in [-0.05, 0) is 48.7 Å². The molecule has 10 heteroatoms. The Morgan fingerprint density at radius 2 is 1.62 bits per heavy atom. The van der Waals surface area contributed by atoms with Gasteiger partial charge in [0.1, 0.15) is 17.1 Å². The first-order valence-corrected chi connectivity index (χ1v) is 12.5. The fourth-order valence-corrected chi connectivity index (χ4v) is 5.19. The molecule has 2 aromatic carbocycles. The Morgan fingerprint density at radius 1 is 0.941 bits per heavy atom. The van der Waals surface area contributed by atoms with Crippen molar-refractivity contribution in [3.8, 4) is 11.5 Å². The largest absolute Gasteiger partial charge is 0.497 e. The van der Waals surface area contributed by atoms with Crippen LogP contribution in [0.25, 0.3) is 0 Å². The fourth-order valence-electron chi connectivity index (χ4n) is 3.64. The molecular formula is C24H30N2O7S. The van der Waals surface area contributed by atoms with Crippen molar-refractivity contribution in [1.82, 2.24) is 9.62 Å². The number of nitrogens with zero attached hydrogens (tertiary/aromatic N) is 1. The summed E-state index contributed by atoms with van der Waals surface area (Å²) in [4.78, 5) is 24.8. The minimum Gasteiger partial charge on any atom is -0.497 e. The minimum atomic E-state index is -3.76. The van der Waals surface area contributed by atoms with Gasteiger partial charge in [-0.25, -0.2) is 13.2 Å². The molecule has 1 heterocycles. The molecule has 1 fully saturated rings. The van der Waals surface area contributed by atoms with Crippen LogP contribution in [0.4, 0.5) is 0 Å². The Labute approximate surface area is 200 Å². The molecule has 0 unspecified atom stereocenters. The molecular weight excluding hydrogens is 460 g/mol. The van der Waals surface area contributed by atoms with Crippen LogP contribution >= 0.6 is 0 Å². The summed E-state index contributed by atoms with van der Waals surface area (Å²) in [6.45, 7) is 0.638. The molecule has 1 aliphatic rings. The van der Waals surface area contributed by atoms with Gasteiger partial charge in [0.05, 0.1) is 19.1 Å². The molecule has 3 rings (SSSR count). The van der Waals surface area contributed by atoms with Gasteiger partial charge in [-0.3, -0.25) is 4.79 Å². The van der Waals surface area contributed by atoms with Crippen LogP contribution < -0.4 is 14.8 Å². The van der Waals surface area contributed by atoms with Gasteiger partial charge in [0.25, 0.3) is 5.91 Å². The number of carbonyl (C=O) groups is 2. The number of sulfonamides is 1. The number of amides is 1. The number of benzene rings is 2. The normalized spacial score (nSPS) is 14.6. The molecule has 34 heavy (non-hydrogen) atoms.